The Morgan fingerprint density at radius 1 is 1.54 bits per heavy atom. The van der Waals surface area contributed by atoms with Crippen molar-refractivity contribution in [1.29, 1.82) is 0 Å². The molecule has 0 amide bonds. The van der Waals surface area contributed by atoms with Gasteiger partial charge in [0.15, 0.2) is 17.9 Å². The summed E-state index contributed by atoms with van der Waals surface area (Å²) in [5, 5.41) is 4.19. The van der Waals surface area contributed by atoms with Crippen LogP contribution >= 0.6 is 0 Å². The maximum atomic E-state index is 4.23. The smallest absolute Gasteiger partial charge is 0.206 e. The summed E-state index contributed by atoms with van der Waals surface area (Å²) in [6, 6.07) is 0.250. The number of hydrogen-bond donors (Lipinski definition) is 0. The first-order valence-corrected chi connectivity index (χ1v) is 4.13. The fourth-order valence-electron chi connectivity index (χ4n) is 1.70. The zero-order valence-electron chi connectivity index (χ0n) is 7.12. The molecule has 3 heterocycles. The number of rotatable bonds is 0. The highest BCUT2D eigenvalue weighted by Crippen LogP contribution is 2.21. The summed E-state index contributed by atoms with van der Waals surface area (Å²) in [7, 11) is 0. The van der Waals surface area contributed by atoms with Crippen LogP contribution in [0.3, 0.4) is 0 Å². The summed E-state index contributed by atoms with van der Waals surface area (Å²) in [4.78, 5) is 10.0. The van der Waals surface area contributed by atoms with E-state index in [9.17, 15) is 0 Å². The van der Waals surface area contributed by atoms with E-state index in [1.807, 2.05) is 15.7 Å². The Morgan fingerprint density at radius 2 is 2.46 bits per heavy atom. The largest absolute Gasteiger partial charge is 0.242 e. The van der Waals surface area contributed by atoms with Gasteiger partial charge in [0.05, 0.1) is 6.20 Å². The summed E-state index contributed by atoms with van der Waals surface area (Å²) >= 11 is 0. The minimum Gasteiger partial charge on any atom is -0.242 e. The second-order valence-corrected chi connectivity index (χ2v) is 3.05. The van der Waals surface area contributed by atoms with E-state index in [1.165, 1.54) is 0 Å². The van der Waals surface area contributed by atoms with Crippen molar-refractivity contribution in [1.82, 2.24) is 19.9 Å². The van der Waals surface area contributed by atoms with Gasteiger partial charge < -0.3 is 0 Å². The molecule has 2 aromatic heterocycles. The van der Waals surface area contributed by atoms with Crippen LogP contribution in [-0.4, -0.2) is 19.9 Å². The summed E-state index contributed by atoms with van der Waals surface area (Å²) in [6.07, 6.45) is 7.07. The highest BCUT2D eigenvalue weighted by atomic mass is 15.6. The zero-order valence-corrected chi connectivity index (χ0v) is 7.12. The van der Waals surface area contributed by atoms with Gasteiger partial charge in [0.25, 0.3) is 0 Å². The number of hydrogen-bond acceptors (Lipinski definition) is 3. The Bertz CT molecular complexity index is 461. The Balaban J connectivity index is 2.37. The van der Waals surface area contributed by atoms with Crippen LogP contribution in [0.4, 0.5) is 0 Å². The third-order valence-electron chi connectivity index (χ3n) is 2.34. The molecule has 1 unspecified atom stereocenters. The molecule has 0 aliphatic carbocycles. The lowest BCUT2D eigenvalue weighted by Gasteiger charge is -1.96. The number of aromatic nitrogens is 5. The molecule has 0 spiro atoms. The molecular formula is C8H8N5+. The summed E-state index contributed by atoms with van der Waals surface area (Å²) in [5.74, 6) is 0. The Kier molecular flexibility index (Phi) is 1.10. The molecule has 5 nitrogen and oxygen atoms in total. The highest BCUT2D eigenvalue weighted by molar-refractivity contribution is 5.33. The lowest BCUT2D eigenvalue weighted by molar-refractivity contribution is -0.774. The number of nitrogens with zero attached hydrogens (tertiary/aromatic N) is 5. The Labute approximate surface area is 74.7 Å². The van der Waals surface area contributed by atoms with Crippen LogP contribution in [0, 0.1) is 0 Å². The van der Waals surface area contributed by atoms with Crippen LogP contribution < -0.4 is 4.68 Å². The predicted octanol–water partition coefficient (Wildman–Crippen LogP) is -0.128. The van der Waals surface area contributed by atoms with Gasteiger partial charge in [0.1, 0.15) is 12.0 Å². The molecule has 64 valence electrons. The van der Waals surface area contributed by atoms with Crippen LogP contribution in [0.2, 0.25) is 0 Å². The van der Waals surface area contributed by atoms with Gasteiger partial charge in [-0.15, -0.1) is 4.68 Å². The predicted molar refractivity (Wildman–Crippen MR) is 43.2 cm³/mol. The standard InChI is InChI=1S/C8H8N5/c1-6-8-7(4-9-5-10-8)13-11-2-3-12(6)13/h2-6H,1H3/q+1. The number of fused-ring (bicyclic) bond motifs is 3. The Morgan fingerprint density at radius 3 is 3.38 bits per heavy atom. The van der Waals surface area contributed by atoms with E-state index in [0.29, 0.717) is 0 Å². The summed E-state index contributed by atoms with van der Waals surface area (Å²) in [5.41, 5.74) is 2.00. The van der Waals surface area contributed by atoms with Crippen molar-refractivity contribution in [2.75, 3.05) is 0 Å². The van der Waals surface area contributed by atoms with E-state index in [0.717, 1.165) is 11.4 Å². The minimum absolute atomic E-state index is 0.250. The quantitative estimate of drug-likeness (QED) is 0.523. The van der Waals surface area contributed by atoms with Crippen LogP contribution in [-0.2, 0) is 0 Å². The maximum Gasteiger partial charge on any atom is 0.206 e. The molecule has 0 saturated carbocycles. The third kappa shape index (κ3) is 0.708. The molecule has 0 fully saturated rings. The summed E-state index contributed by atoms with van der Waals surface area (Å²) < 4.78 is 2.03. The molecule has 2 aromatic rings. The molecule has 3 rings (SSSR count). The fraction of sp³-hybridized carbons (Fsp3) is 0.250. The minimum atomic E-state index is 0.250. The average Bonchev–Trinajstić information content (AvgIpc) is 2.72. The van der Waals surface area contributed by atoms with Crippen molar-refractivity contribution < 1.29 is 4.68 Å². The van der Waals surface area contributed by atoms with Crippen molar-refractivity contribution in [3.05, 3.63) is 30.6 Å². The van der Waals surface area contributed by atoms with Crippen LogP contribution in [0.5, 0.6) is 0 Å². The lowest BCUT2D eigenvalue weighted by atomic mass is 10.2. The Hall–Kier alpha value is -1.78. The van der Waals surface area contributed by atoms with Crippen LogP contribution in [0.1, 0.15) is 18.7 Å². The topological polar surface area (TPSA) is 47.5 Å². The van der Waals surface area contributed by atoms with Crippen molar-refractivity contribution >= 4 is 0 Å². The van der Waals surface area contributed by atoms with Crippen molar-refractivity contribution in [2.45, 2.75) is 13.0 Å². The molecule has 0 aromatic carbocycles. The van der Waals surface area contributed by atoms with Crippen molar-refractivity contribution in [2.24, 2.45) is 0 Å². The molecule has 1 aliphatic heterocycles. The average molecular weight is 174 g/mol. The second kappa shape index (κ2) is 2.12. The monoisotopic (exact) mass is 174 g/mol. The van der Waals surface area contributed by atoms with Gasteiger partial charge in [-0.2, -0.15) is 0 Å². The summed E-state index contributed by atoms with van der Waals surface area (Å²) in [6.45, 7) is 2.09. The first kappa shape index (κ1) is 6.71. The zero-order chi connectivity index (χ0) is 8.84. The van der Waals surface area contributed by atoms with Gasteiger partial charge in [-0.05, 0) is 11.7 Å². The molecule has 5 heteroatoms. The van der Waals surface area contributed by atoms with Gasteiger partial charge in [0, 0.05) is 5.10 Å². The van der Waals surface area contributed by atoms with E-state index in [-0.39, 0.29) is 6.04 Å². The molecular weight excluding hydrogens is 166 g/mol. The molecule has 0 bridgehead atoms. The van der Waals surface area contributed by atoms with E-state index >= 15 is 0 Å². The van der Waals surface area contributed by atoms with Gasteiger partial charge in [-0.1, -0.05) is 0 Å². The van der Waals surface area contributed by atoms with Crippen LogP contribution in [0.25, 0.3) is 5.69 Å². The molecule has 0 N–H and O–H groups in total. The van der Waals surface area contributed by atoms with Crippen molar-refractivity contribution in [3.8, 4) is 5.69 Å². The maximum absolute atomic E-state index is 4.23. The lowest BCUT2D eigenvalue weighted by Crippen LogP contribution is -2.40. The normalized spacial score (nSPS) is 18.4. The van der Waals surface area contributed by atoms with E-state index in [2.05, 4.69) is 22.0 Å². The van der Waals surface area contributed by atoms with E-state index < -0.39 is 0 Å². The highest BCUT2D eigenvalue weighted by Gasteiger charge is 2.32. The molecule has 1 atom stereocenters. The van der Waals surface area contributed by atoms with Crippen LogP contribution in [0.15, 0.2) is 24.9 Å². The van der Waals surface area contributed by atoms with Gasteiger partial charge >= 0.3 is 0 Å². The molecule has 0 saturated heterocycles. The molecule has 13 heavy (non-hydrogen) atoms. The second-order valence-electron chi connectivity index (χ2n) is 3.05. The van der Waals surface area contributed by atoms with Crippen molar-refractivity contribution in [3.63, 3.8) is 0 Å². The van der Waals surface area contributed by atoms with E-state index in [1.54, 1.807) is 18.7 Å². The molecule has 1 aliphatic rings. The van der Waals surface area contributed by atoms with Gasteiger partial charge in [0.2, 0.25) is 6.20 Å². The van der Waals surface area contributed by atoms with E-state index in [4.69, 9.17) is 0 Å². The van der Waals surface area contributed by atoms with Gasteiger partial charge in [-0.25, -0.2) is 9.97 Å². The SMILES string of the molecule is CC1c2ncncc2-n2ncc[n+]21. The fourth-order valence-corrected chi connectivity index (χ4v) is 1.70. The first-order chi connectivity index (χ1) is 6.38. The third-order valence-corrected chi connectivity index (χ3v) is 2.34. The van der Waals surface area contributed by atoms with Gasteiger partial charge in [-0.3, -0.25) is 0 Å². The molecule has 0 radical (unpaired) electrons. The first-order valence-electron chi connectivity index (χ1n) is 4.13.